The van der Waals surface area contributed by atoms with Crippen LogP contribution in [0.4, 0.5) is 0 Å². The summed E-state index contributed by atoms with van der Waals surface area (Å²) >= 11 is 0. The molecule has 1 amide bonds. The van der Waals surface area contributed by atoms with Crippen LogP contribution in [0.25, 0.3) is 0 Å². The summed E-state index contributed by atoms with van der Waals surface area (Å²) in [6.45, 7) is 4.95. The number of sulfonamides is 1. The number of carbonyl (C=O) groups excluding carboxylic acids is 1. The average Bonchev–Trinajstić information content (AvgIpc) is 2.94. The van der Waals surface area contributed by atoms with Crippen molar-refractivity contribution in [2.24, 2.45) is 5.92 Å². The van der Waals surface area contributed by atoms with Crippen molar-refractivity contribution in [1.29, 1.82) is 0 Å². The maximum absolute atomic E-state index is 13.0. The Bertz CT molecular complexity index is 754. The van der Waals surface area contributed by atoms with Gasteiger partial charge in [-0.2, -0.15) is 4.31 Å². The van der Waals surface area contributed by atoms with E-state index < -0.39 is 10.0 Å². The van der Waals surface area contributed by atoms with Crippen molar-refractivity contribution < 1.29 is 13.2 Å². The van der Waals surface area contributed by atoms with Gasteiger partial charge in [-0.3, -0.25) is 4.79 Å². The number of hydrogen-bond donors (Lipinski definition) is 1. The molecule has 26 heavy (non-hydrogen) atoms. The van der Waals surface area contributed by atoms with Crippen molar-refractivity contribution in [3.05, 3.63) is 29.3 Å². The molecule has 0 aliphatic carbocycles. The summed E-state index contributed by atoms with van der Waals surface area (Å²) in [5.74, 6) is 0.457. The Morgan fingerprint density at radius 3 is 2.54 bits per heavy atom. The topological polar surface area (TPSA) is 69.7 Å². The Labute approximate surface area is 162 Å². The molecule has 1 aromatic rings. The second kappa shape index (κ2) is 8.69. The molecule has 0 aromatic heterocycles. The molecule has 1 N–H and O–H groups in total. The van der Waals surface area contributed by atoms with Gasteiger partial charge in [-0.25, -0.2) is 8.42 Å². The van der Waals surface area contributed by atoms with Gasteiger partial charge in [-0.05, 0) is 62.0 Å². The van der Waals surface area contributed by atoms with Crippen LogP contribution in [0.3, 0.4) is 0 Å². The van der Waals surface area contributed by atoms with Gasteiger partial charge in [0.25, 0.3) is 0 Å². The Kier molecular flexibility index (Phi) is 7.07. The number of amides is 1. The van der Waals surface area contributed by atoms with E-state index in [2.05, 4.69) is 5.32 Å². The third kappa shape index (κ3) is 4.39. The molecule has 1 aromatic carbocycles. The maximum Gasteiger partial charge on any atom is 0.243 e. The van der Waals surface area contributed by atoms with Crippen LogP contribution in [0.5, 0.6) is 0 Å². The van der Waals surface area contributed by atoms with Crippen LogP contribution in [0.1, 0.15) is 24.5 Å². The number of fused-ring (bicyclic) bond motifs is 1. The van der Waals surface area contributed by atoms with Crippen LogP contribution in [-0.4, -0.2) is 63.3 Å². The van der Waals surface area contributed by atoms with Crippen molar-refractivity contribution >= 4 is 28.3 Å². The molecule has 0 radical (unpaired) electrons. The van der Waals surface area contributed by atoms with Crippen LogP contribution in [-0.2, 0) is 27.7 Å². The van der Waals surface area contributed by atoms with E-state index in [0.717, 1.165) is 30.5 Å². The lowest BCUT2D eigenvalue weighted by molar-refractivity contribution is -0.128. The number of carbonyl (C=O) groups is 1. The predicted octanol–water partition coefficient (Wildman–Crippen LogP) is 1.29. The van der Waals surface area contributed by atoms with Crippen LogP contribution in [0.15, 0.2) is 23.1 Å². The standard InChI is InChI=1S/C18H27N3O3S.ClH/c1-14(22)20-8-6-16-3-4-18(11-17(16)7-9-20)25(23,24)21-10-5-15(13-21)12-19-2;/h3-4,11,15,19H,5-10,12-13H2,1-2H3;1H. The molecule has 2 aliphatic rings. The van der Waals surface area contributed by atoms with Gasteiger partial charge < -0.3 is 10.2 Å². The molecule has 2 aliphatic heterocycles. The second-order valence-electron chi connectivity index (χ2n) is 7.01. The molecule has 6 nitrogen and oxygen atoms in total. The maximum atomic E-state index is 13.0. The lowest BCUT2D eigenvalue weighted by atomic mass is 10.0. The highest BCUT2D eigenvalue weighted by atomic mass is 35.5. The van der Waals surface area contributed by atoms with Crippen LogP contribution >= 0.6 is 12.4 Å². The van der Waals surface area contributed by atoms with Gasteiger partial charge in [0, 0.05) is 33.1 Å². The van der Waals surface area contributed by atoms with Gasteiger partial charge in [0.05, 0.1) is 4.90 Å². The third-order valence-corrected chi connectivity index (χ3v) is 7.17. The largest absolute Gasteiger partial charge is 0.342 e. The van der Waals surface area contributed by atoms with E-state index in [9.17, 15) is 13.2 Å². The Morgan fingerprint density at radius 2 is 1.88 bits per heavy atom. The molecule has 1 fully saturated rings. The second-order valence-corrected chi connectivity index (χ2v) is 8.95. The van der Waals surface area contributed by atoms with Gasteiger partial charge in [0.1, 0.15) is 0 Å². The molecule has 0 bridgehead atoms. The van der Waals surface area contributed by atoms with Crippen molar-refractivity contribution in [3.63, 3.8) is 0 Å². The lowest BCUT2D eigenvalue weighted by Gasteiger charge is -2.18. The zero-order valence-corrected chi connectivity index (χ0v) is 17.0. The summed E-state index contributed by atoms with van der Waals surface area (Å²) < 4.78 is 27.5. The molecule has 1 saturated heterocycles. The first-order valence-corrected chi connectivity index (χ1v) is 10.4. The highest BCUT2D eigenvalue weighted by molar-refractivity contribution is 7.89. The van der Waals surface area contributed by atoms with E-state index in [0.29, 0.717) is 43.4 Å². The molecule has 8 heteroatoms. The number of nitrogens with one attached hydrogen (secondary N) is 1. The lowest BCUT2D eigenvalue weighted by Crippen LogP contribution is -2.31. The molecule has 1 atom stereocenters. The number of benzene rings is 1. The van der Waals surface area contributed by atoms with Crippen molar-refractivity contribution in [3.8, 4) is 0 Å². The zero-order valence-electron chi connectivity index (χ0n) is 15.4. The predicted molar refractivity (Wildman–Crippen MR) is 104 cm³/mol. The van der Waals surface area contributed by atoms with Crippen molar-refractivity contribution in [1.82, 2.24) is 14.5 Å². The smallest absolute Gasteiger partial charge is 0.243 e. The fourth-order valence-corrected chi connectivity index (χ4v) is 5.38. The highest BCUT2D eigenvalue weighted by Crippen LogP contribution is 2.27. The Hall–Kier alpha value is -1.15. The Morgan fingerprint density at radius 1 is 1.19 bits per heavy atom. The first kappa shape index (κ1) is 21.2. The van der Waals surface area contributed by atoms with Gasteiger partial charge >= 0.3 is 0 Å². The molecule has 1 unspecified atom stereocenters. The number of halogens is 1. The summed E-state index contributed by atoms with van der Waals surface area (Å²) in [7, 11) is -1.54. The number of rotatable bonds is 4. The fraction of sp³-hybridized carbons (Fsp3) is 0.611. The summed E-state index contributed by atoms with van der Waals surface area (Å²) in [4.78, 5) is 13.8. The van der Waals surface area contributed by atoms with Crippen LogP contribution < -0.4 is 5.32 Å². The molecule has 3 rings (SSSR count). The van der Waals surface area contributed by atoms with Gasteiger partial charge in [0.15, 0.2) is 0 Å². The van der Waals surface area contributed by atoms with E-state index in [-0.39, 0.29) is 18.3 Å². The molecule has 2 heterocycles. The van der Waals surface area contributed by atoms with E-state index >= 15 is 0 Å². The number of hydrogen-bond acceptors (Lipinski definition) is 4. The summed E-state index contributed by atoms with van der Waals surface area (Å²) in [6, 6.07) is 5.47. The van der Waals surface area contributed by atoms with Crippen molar-refractivity contribution in [2.75, 3.05) is 39.8 Å². The molecule has 0 spiro atoms. The first-order chi connectivity index (χ1) is 11.9. The minimum Gasteiger partial charge on any atom is -0.342 e. The zero-order chi connectivity index (χ0) is 18.0. The first-order valence-electron chi connectivity index (χ1n) is 8.94. The molecule has 0 saturated carbocycles. The van der Waals surface area contributed by atoms with E-state index in [1.54, 1.807) is 17.3 Å². The molecule has 146 valence electrons. The Balaban J connectivity index is 0.00000243. The van der Waals surface area contributed by atoms with E-state index in [1.807, 2.05) is 24.1 Å². The fourth-order valence-electron chi connectivity index (χ4n) is 3.80. The number of nitrogens with zero attached hydrogens (tertiary/aromatic N) is 2. The molecular weight excluding hydrogens is 374 g/mol. The summed E-state index contributed by atoms with van der Waals surface area (Å²) in [5, 5.41) is 3.13. The minimum absolute atomic E-state index is 0. The van der Waals surface area contributed by atoms with Crippen LogP contribution in [0.2, 0.25) is 0 Å². The van der Waals surface area contributed by atoms with Gasteiger partial charge in [-0.15, -0.1) is 12.4 Å². The van der Waals surface area contributed by atoms with Crippen molar-refractivity contribution in [2.45, 2.75) is 31.1 Å². The monoisotopic (exact) mass is 401 g/mol. The summed E-state index contributed by atoms with van der Waals surface area (Å²) in [6.07, 6.45) is 2.39. The minimum atomic E-state index is -3.44. The van der Waals surface area contributed by atoms with Gasteiger partial charge in [-0.1, -0.05) is 6.07 Å². The highest BCUT2D eigenvalue weighted by Gasteiger charge is 2.32. The normalized spacial score (nSPS) is 21.0. The van der Waals surface area contributed by atoms with Crippen LogP contribution in [0, 0.1) is 5.92 Å². The average molecular weight is 402 g/mol. The quantitative estimate of drug-likeness (QED) is 0.825. The van der Waals surface area contributed by atoms with Gasteiger partial charge in [0.2, 0.25) is 15.9 Å². The third-order valence-electron chi connectivity index (χ3n) is 5.30. The van der Waals surface area contributed by atoms with E-state index in [1.165, 1.54) is 0 Å². The van der Waals surface area contributed by atoms with E-state index in [4.69, 9.17) is 0 Å². The molecular formula is C18H28ClN3O3S. The summed E-state index contributed by atoms with van der Waals surface area (Å²) in [5.41, 5.74) is 2.20. The SMILES string of the molecule is CNCC1CCN(S(=O)(=O)c2ccc3c(c2)CCN(C(C)=O)CC3)C1.Cl.